The van der Waals surface area contributed by atoms with Crippen LogP contribution in [0.15, 0.2) is 42.0 Å². The molecule has 0 aliphatic rings. The molecule has 1 atom stereocenters. The van der Waals surface area contributed by atoms with Crippen LogP contribution in [-0.4, -0.2) is 0 Å². The molecule has 1 rings (SSSR count). The summed E-state index contributed by atoms with van der Waals surface area (Å²) in [7, 11) is 0. The van der Waals surface area contributed by atoms with Gasteiger partial charge in [-0.3, -0.25) is 0 Å². The summed E-state index contributed by atoms with van der Waals surface area (Å²) < 4.78 is 0. The summed E-state index contributed by atoms with van der Waals surface area (Å²) in [5.74, 6) is 0. The molecule has 0 saturated heterocycles. The Hall–Kier alpha value is -0.560. The molecule has 0 aliphatic carbocycles. The largest absolute Gasteiger partial charge is 0.0793 e. The number of hydrogen-bond donors (Lipinski definition) is 0. The highest BCUT2D eigenvalue weighted by Gasteiger charge is 2.01. The van der Waals surface area contributed by atoms with E-state index in [1.54, 1.807) is 0 Å². The highest BCUT2D eigenvalue weighted by molar-refractivity contribution is 9.09. The fraction of sp³-hybridized carbons (Fsp3) is 0.273. The Balaban J connectivity index is 2.79. The van der Waals surface area contributed by atoms with Crippen LogP contribution < -0.4 is 0 Å². The summed E-state index contributed by atoms with van der Waals surface area (Å²) in [4.78, 5) is 0.351. The molecular weight excluding hydrogens is 212 g/mol. The molecule has 0 aliphatic heterocycles. The molecule has 1 heteroatoms. The van der Waals surface area contributed by atoms with Crippen LogP contribution in [0.25, 0.3) is 0 Å². The molecule has 0 saturated carbocycles. The van der Waals surface area contributed by atoms with Gasteiger partial charge in [0.05, 0.1) is 4.83 Å². The molecular formula is C11H13Br. The van der Waals surface area contributed by atoms with Gasteiger partial charge < -0.3 is 0 Å². The van der Waals surface area contributed by atoms with E-state index in [4.69, 9.17) is 0 Å². The fourth-order valence-electron chi connectivity index (χ4n) is 1.03. The van der Waals surface area contributed by atoms with Crippen LogP contribution in [0.1, 0.15) is 24.2 Å². The van der Waals surface area contributed by atoms with Gasteiger partial charge in [0.25, 0.3) is 0 Å². The summed E-state index contributed by atoms with van der Waals surface area (Å²) in [5, 5.41) is 0. The molecule has 64 valence electrons. The van der Waals surface area contributed by atoms with Crippen molar-refractivity contribution in [2.45, 2.75) is 18.7 Å². The molecule has 0 nitrogen and oxygen atoms in total. The van der Waals surface area contributed by atoms with Crippen molar-refractivity contribution in [1.82, 2.24) is 0 Å². The van der Waals surface area contributed by atoms with Crippen molar-refractivity contribution in [2.24, 2.45) is 0 Å². The summed E-state index contributed by atoms with van der Waals surface area (Å²) in [6, 6.07) is 10.4. The van der Waals surface area contributed by atoms with Crippen LogP contribution >= 0.6 is 15.9 Å². The second kappa shape index (κ2) is 4.46. The highest BCUT2D eigenvalue weighted by Crippen LogP contribution is 2.24. The topological polar surface area (TPSA) is 0 Å². The first-order chi connectivity index (χ1) is 5.70. The molecule has 0 spiro atoms. The Morgan fingerprint density at radius 1 is 1.25 bits per heavy atom. The van der Waals surface area contributed by atoms with Crippen molar-refractivity contribution in [3.63, 3.8) is 0 Å². The smallest absolute Gasteiger partial charge is 0.0577 e. The van der Waals surface area contributed by atoms with Gasteiger partial charge in [0.2, 0.25) is 0 Å². The molecule has 0 fully saturated rings. The van der Waals surface area contributed by atoms with Crippen LogP contribution in [0.3, 0.4) is 0 Å². The lowest BCUT2D eigenvalue weighted by atomic mass is 10.1. The second-order valence-corrected chi connectivity index (χ2v) is 4.04. The van der Waals surface area contributed by atoms with E-state index in [9.17, 15) is 0 Å². The summed E-state index contributed by atoms with van der Waals surface area (Å²) in [6.07, 6.45) is 2.20. The Labute approximate surface area is 82.4 Å². The molecule has 0 N–H and O–H groups in total. The molecule has 12 heavy (non-hydrogen) atoms. The molecule has 1 unspecified atom stereocenters. The van der Waals surface area contributed by atoms with Crippen molar-refractivity contribution in [3.8, 4) is 0 Å². The zero-order valence-corrected chi connectivity index (χ0v) is 9.01. The van der Waals surface area contributed by atoms with Gasteiger partial charge >= 0.3 is 0 Å². The Morgan fingerprint density at radius 3 is 2.33 bits per heavy atom. The third-order valence-corrected chi connectivity index (χ3v) is 2.39. The van der Waals surface area contributed by atoms with E-state index in [0.717, 1.165) is 0 Å². The SMILES string of the molecule is CC(C)=CC(Br)c1ccccc1. The predicted octanol–water partition coefficient (Wildman–Crippen LogP) is 4.09. The van der Waals surface area contributed by atoms with E-state index >= 15 is 0 Å². The van der Waals surface area contributed by atoms with Gasteiger partial charge in [-0.15, -0.1) is 0 Å². The summed E-state index contributed by atoms with van der Waals surface area (Å²) >= 11 is 3.61. The minimum atomic E-state index is 0.351. The maximum Gasteiger partial charge on any atom is 0.0577 e. The molecule has 1 aromatic carbocycles. The lowest BCUT2D eigenvalue weighted by Gasteiger charge is -2.04. The monoisotopic (exact) mass is 224 g/mol. The standard InChI is InChI=1S/C11H13Br/c1-9(2)8-11(12)10-6-4-3-5-7-10/h3-8,11H,1-2H3. The van der Waals surface area contributed by atoms with Gasteiger partial charge in [-0.2, -0.15) is 0 Å². The van der Waals surface area contributed by atoms with Gasteiger partial charge in [0.1, 0.15) is 0 Å². The van der Waals surface area contributed by atoms with Crippen LogP contribution in [0.2, 0.25) is 0 Å². The molecule has 0 aromatic heterocycles. The quantitative estimate of drug-likeness (QED) is 0.525. The number of allylic oxidation sites excluding steroid dienone is 2. The molecule has 0 heterocycles. The summed E-state index contributed by atoms with van der Waals surface area (Å²) in [6.45, 7) is 4.22. The Morgan fingerprint density at radius 2 is 1.83 bits per heavy atom. The lowest BCUT2D eigenvalue weighted by Crippen LogP contribution is -1.84. The maximum absolute atomic E-state index is 3.61. The predicted molar refractivity (Wildman–Crippen MR) is 57.5 cm³/mol. The average molecular weight is 225 g/mol. The van der Waals surface area contributed by atoms with Crippen molar-refractivity contribution in [2.75, 3.05) is 0 Å². The van der Waals surface area contributed by atoms with Crippen LogP contribution in [0.4, 0.5) is 0 Å². The normalized spacial score (nSPS) is 12.2. The van der Waals surface area contributed by atoms with Gasteiger partial charge in [0, 0.05) is 0 Å². The van der Waals surface area contributed by atoms with E-state index in [1.807, 2.05) is 6.07 Å². The number of alkyl halides is 1. The second-order valence-electron chi connectivity index (χ2n) is 3.06. The highest BCUT2D eigenvalue weighted by atomic mass is 79.9. The molecule has 0 radical (unpaired) electrons. The van der Waals surface area contributed by atoms with Crippen LogP contribution in [0.5, 0.6) is 0 Å². The van der Waals surface area contributed by atoms with Crippen molar-refractivity contribution >= 4 is 15.9 Å². The molecule has 0 bridgehead atoms. The fourth-order valence-corrected chi connectivity index (χ4v) is 1.86. The number of halogens is 1. The van der Waals surface area contributed by atoms with E-state index < -0.39 is 0 Å². The van der Waals surface area contributed by atoms with Gasteiger partial charge in [-0.25, -0.2) is 0 Å². The zero-order chi connectivity index (χ0) is 8.97. The summed E-state index contributed by atoms with van der Waals surface area (Å²) in [5.41, 5.74) is 2.64. The van der Waals surface area contributed by atoms with Crippen molar-refractivity contribution < 1.29 is 0 Å². The minimum absolute atomic E-state index is 0.351. The van der Waals surface area contributed by atoms with Gasteiger partial charge in [0.15, 0.2) is 0 Å². The number of benzene rings is 1. The van der Waals surface area contributed by atoms with E-state index in [2.05, 4.69) is 60.1 Å². The van der Waals surface area contributed by atoms with Gasteiger partial charge in [-0.05, 0) is 19.4 Å². The average Bonchev–Trinajstić information content (AvgIpc) is 2.05. The third-order valence-electron chi connectivity index (χ3n) is 1.60. The number of rotatable bonds is 2. The van der Waals surface area contributed by atoms with E-state index in [-0.39, 0.29) is 0 Å². The Kier molecular flexibility index (Phi) is 3.54. The number of hydrogen-bond acceptors (Lipinski definition) is 0. The lowest BCUT2D eigenvalue weighted by molar-refractivity contribution is 1.20. The van der Waals surface area contributed by atoms with E-state index in [1.165, 1.54) is 11.1 Å². The maximum atomic E-state index is 3.61. The zero-order valence-electron chi connectivity index (χ0n) is 7.42. The molecule has 1 aromatic rings. The molecule has 0 amide bonds. The van der Waals surface area contributed by atoms with Gasteiger partial charge in [-0.1, -0.05) is 57.9 Å². The Bertz CT molecular complexity index is 258. The first-order valence-electron chi connectivity index (χ1n) is 4.04. The van der Waals surface area contributed by atoms with E-state index in [0.29, 0.717) is 4.83 Å². The van der Waals surface area contributed by atoms with Crippen LogP contribution in [0, 0.1) is 0 Å². The first kappa shape index (κ1) is 9.53. The van der Waals surface area contributed by atoms with Crippen LogP contribution in [-0.2, 0) is 0 Å². The van der Waals surface area contributed by atoms with Crippen molar-refractivity contribution in [1.29, 1.82) is 0 Å². The first-order valence-corrected chi connectivity index (χ1v) is 4.96. The minimum Gasteiger partial charge on any atom is -0.0793 e. The third kappa shape index (κ3) is 2.82. The van der Waals surface area contributed by atoms with Crippen molar-refractivity contribution in [3.05, 3.63) is 47.5 Å².